The highest BCUT2D eigenvalue weighted by molar-refractivity contribution is 7.89. The second-order valence-electron chi connectivity index (χ2n) is 3.05. The summed E-state index contributed by atoms with van der Waals surface area (Å²) in [4.78, 5) is -0.985. The van der Waals surface area contributed by atoms with Gasteiger partial charge in [-0.2, -0.15) is 13.2 Å². The Morgan fingerprint density at radius 1 is 1.31 bits per heavy atom. The van der Waals surface area contributed by atoms with Crippen LogP contribution >= 0.6 is 0 Å². The van der Waals surface area contributed by atoms with E-state index in [1.807, 2.05) is 0 Å². The second-order valence-corrected chi connectivity index (χ2v) is 4.76. The molecule has 1 aromatic carbocycles. The molecule has 0 aliphatic rings. The maximum Gasteiger partial charge on any atom is 0.424 e. The Balaban J connectivity index is 3.12. The highest BCUT2D eigenvalue weighted by atomic mass is 32.2. The number of hydrogen-bond acceptors (Lipinski definition) is 1. The molecule has 1 nitrogen and oxygen atoms in total. The van der Waals surface area contributed by atoms with Crippen molar-refractivity contribution in [1.29, 1.82) is 0 Å². The maximum absolute atomic E-state index is 12.6. The van der Waals surface area contributed by atoms with Crippen LogP contribution in [0.25, 0.3) is 6.08 Å². The van der Waals surface area contributed by atoms with Gasteiger partial charge in [-0.05, 0) is 11.6 Å². The van der Waals surface area contributed by atoms with Crippen LogP contribution in [0.3, 0.4) is 0 Å². The fraction of sp³-hybridized carbons (Fsp3) is 0.273. The Morgan fingerprint density at radius 3 is 2.31 bits per heavy atom. The van der Waals surface area contributed by atoms with Crippen molar-refractivity contribution in [2.24, 2.45) is 0 Å². The molecular formula is C11H11F3OS. The van der Waals surface area contributed by atoms with Gasteiger partial charge in [0.25, 0.3) is 0 Å². The van der Waals surface area contributed by atoms with Gasteiger partial charge in [0.2, 0.25) is 0 Å². The lowest BCUT2D eigenvalue weighted by molar-refractivity contribution is -0.0832. The van der Waals surface area contributed by atoms with Crippen LogP contribution in [0.1, 0.15) is 12.5 Å². The topological polar surface area (TPSA) is 17.1 Å². The molecule has 1 unspecified atom stereocenters. The predicted octanol–water partition coefficient (Wildman–Crippen LogP) is 3.36. The summed E-state index contributed by atoms with van der Waals surface area (Å²) in [7, 11) is -2.00. The molecule has 5 heteroatoms. The summed E-state index contributed by atoms with van der Waals surface area (Å²) >= 11 is 0. The number of allylic oxidation sites excluding steroid dienone is 1. The first-order valence-corrected chi connectivity index (χ1v) is 5.99. The summed E-state index contributed by atoms with van der Waals surface area (Å²) in [5.41, 5.74) is 0.400. The molecule has 0 heterocycles. The van der Waals surface area contributed by atoms with E-state index in [4.69, 9.17) is 0 Å². The van der Waals surface area contributed by atoms with Crippen LogP contribution in [0.2, 0.25) is 0 Å². The lowest BCUT2D eigenvalue weighted by Crippen LogP contribution is -2.17. The maximum atomic E-state index is 12.6. The summed E-state index contributed by atoms with van der Waals surface area (Å²) in [6, 6.07) is 8.06. The molecule has 0 amide bonds. The largest absolute Gasteiger partial charge is 0.424 e. The summed E-state index contributed by atoms with van der Waals surface area (Å²) in [6.07, 6.45) is -3.61. The number of alkyl halides is 3. The van der Waals surface area contributed by atoms with E-state index in [9.17, 15) is 17.4 Å². The molecule has 0 aromatic heterocycles. The lowest BCUT2D eigenvalue weighted by atomic mass is 10.2. The molecule has 1 rings (SSSR count). The van der Waals surface area contributed by atoms with E-state index in [-0.39, 0.29) is 5.75 Å². The molecule has 0 aliphatic carbocycles. The smallest absolute Gasteiger partial charge is 0.254 e. The monoisotopic (exact) mass is 248 g/mol. The van der Waals surface area contributed by atoms with Crippen molar-refractivity contribution in [2.45, 2.75) is 13.1 Å². The van der Waals surface area contributed by atoms with E-state index in [0.717, 1.165) is 6.08 Å². The zero-order chi connectivity index (χ0) is 12.2. The standard InChI is InChI=1S/C11H11F3OS/c1-2-16(15)10(11(12,13)14)8-9-6-4-3-5-7-9/h3-8H,2H2,1H3/b10-8-. The molecule has 16 heavy (non-hydrogen) atoms. The van der Waals surface area contributed by atoms with Gasteiger partial charge in [-0.25, -0.2) is 0 Å². The Labute approximate surface area is 94.4 Å². The van der Waals surface area contributed by atoms with Gasteiger partial charge < -0.3 is 0 Å². The van der Waals surface area contributed by atoms with Gasteiger partial charge in [-0.15, -0.1) is 0 Å². The summed E-state index contributed by atoms with van der Waals surface area (Å²) in [5, 5.41) is 0. The molecule has 0 spiro atoms. The van der Waals surface area contributed by atoms with E-state index >= 15 is 0 Å². The summed E-state index contributed by atoms with van der Waals surface area (Å²) in [5.74, 6) is -0.0435. The van der Waals surface area contributed by atoms with Crippen molar-refractivity contribution >= 4 is 16.9 Å². The van der Waals surface area contributed by atoms with Crippen molar-refractivity contribution in [3.8, 4) is 0 Å². The SMILES string of the molecule is CCS(=O)/C(=C\c1ccccc1)C(F)(F)F. The van der Waals surface area contributed by atoms with Crippen LogP contribution in [-0.2, 0) is 10.8 Å². The van der Waals surface area contributed by atoms with Gasteiger partial charge in [0.15, 0.2) is 0 Å². The third-order valence-corrected chi connectivity index (χ3v) is 3.25. The normalized spacial score (nSPS) is 14.9. The predicted molar refractivity (Wildman–Crippen MR) is 59.2 cm³/mol. The van der Waals surface area contributed by atoms with Crippen LogP contribution in [0.4, 0.5) is 13.2 Å². The molecule has 0 radical (unpaired) electrons. The molecule has 0 bridgehead atoms. The Bertz CT molecular complexity index is 395. The van der Waals surface area contributed by atoms with E-state index in [2.05, 4.69) is 0 Å². The van der Waals surface area contributed by atoms with Crippen LogP contribution < -0.4 is 0 Å². The van der Waals surface area contributed by atoms with Gasteiger partial charge in [-0.3, -0.25) is 4.21 Å². The Kier molecular flexibility index (Phi) is 4.29. The van der Waals surface area contributed by atoms with Gasteiger partial charge >= 0.3 is 6.18 Å². The van der Waals surface area contributed by atoms with Crippen LogP contribution in [-0.4, -0.2) is 16.1 Å². The van der Waals surface area contributed by atoms with E-state index in [1.165, 1.54) is 6.92 Å². The molecular weight excluding hydrogens is 237 g/mol. The highest BCUT2D eigenvalue weighted by Crippen LogP contribution is 2.30. The van der Waals surface area contributed by atoms with Crippen molar-refractivity contribution in [3.05, 3.63) is 40.8 Å². The molecule has 0 saturated heterocycles. The minimum absolute atomic E-state index is 0.0435. The minimum Gasteiger partial charge on any atom is -0.254 e. The average Bonchev–Trinajstić information content (AvgIpc) is 2.25. The molecule has 0 N–H and O–H groups in total. The Morgan fingerprint density at radius 2 is 1.88 bits per heavy atom. The molecule has 1 atom stereocenters. The third-order valence-electron chi connectivity index (χ3n) is 1.88. The van der Waals surface area contributed by atoms with Crippen molar-refractivity contribution in [2.75, 3.05) is 5.75 Å². The zero-order valence-corrected chi connectivity index (χ0v) is 9.44. The molecule has 0 saturated carbocycles. The zero-order valence-electron chi connectivity index (χ0n) is 8.62. The lowest BCUT2D eigenvalue weighted by Gasteiger charge is -2.10. The second kappa shape index (κ2) is 5.30. The molecule has 1 aromatic rings. The van der Waals surface area contributed by atoms with Gasteiger partial charge in [0.1, 0.15) is 4.91 Å². The van der Waals surface area contributed by atoms with Crippen molar-refractivity contribution in [3.63, 3.8) is 0 Å². The molecule has 88 valence electrons. The summed E-state index contributed by atoms with van der Waals surface area (Å²) < 4.78 is 49.0. The first-order valence-electron chi connectivity index (χ1n) is 4.67. The number of halogens is 3. The molecule has 0 aliphatic heterocycles. The fourth-order valence-electron chi connectivity index (χ4n) is 1.13. The first kappa shape index (κ1) is 13.0. The van der Waals surface area contributed by atoms with Gasteiger partial charge in [-0.1, -0.05) is 37.3 Å². The third kappa shape index (κ3) is 3.48. The minimum atomic E-state index is -4.54. The van der Waals surface area contributed by atoms with E-state index in [0.29, 0.717) is 5.56 Å². The average molecular weight is 248 g/mol. The number of hydrogen-bond donors (Lipinski definition) is 0. The van der Waals surface area contributed by atoms with Crippen LogP contribution in [0.5, 0.6) is 0 Å². The van der Waals surface area contributed by atoms with Crippen molar-refractivity contribution < 1.29 is 17.4 Å². The van der Waals surface area contributed by atoms with E-state index in [1.54, 1.807) is 30.3 Å². The summed E-state index contributed by atoms with van der Waals surface area (Å²) in [6.45, 7) is 1.46. The van der Waals surface area contributed by atoms with Crippen molar-refractivity contribution in [1.82, 2.24) is 0 Å². The van der Waals surface area contributed by atoms with Gasteiger partial charge in [0.05, 0.1) is 10.8 Å². The van der Waals surface area contributed by atoms with E-state index < -0.39 is 21.9 Å². The molecule has 0 fully saturated rings. The quantitative estimate of drug-likeness (QED) is 0.801. The fourth-order valence-corrected chi connectivity index (χ4v) is 1.97. The Hall–Kier alpha value is -1.10. The van der Waals surface area contributed by atoms with Gasteiger partial charge in [0, 0.05) is 5.75 Å². The first-order chi connectivity index (χ1) is 7.45. The highest BCUT2D eigenvalue weighted by Gasteiger charge is 2.37. The number of rotatable bonds is 3. The van der Waals surface area contributed by atoms with Crippen LogP contribution in [0, 0.1) is 0 Å². The number of benzene rings is 1. The van der Waals surface area contributed by atoms with Crippen LogP contribution in [0.15, 0.2) is 35.2 Å².